The fraction of sp³-hybridized carbons (Fsp3) is 0.455. The predicted octanol–water partition coefficient (Wildman–Crippen LogP) is 2.30. The molecule has 0 fully saturated rings. The van der Waals surface area contributed by atoms with E-state index in [1.165, 1.54) is 6.07 Å². The molecule has 3 heteroatoms. The molecule has 0 bridgehead atoms. The van der Waals surface area contributed by atoms with Crippen LogP contribution in [0.1, 0.15) is 19.4 Å². The summed E-state index contributed by atoms with van der Waals surface area (Å²) in [5.41, 5.74) is 3.85. The third-order valence-electron chi connectivity index (χ3n) is 1.86. The summed E-state index contributed by atoms with van der Waals surface area (Å²) in [6.07, 6.45) is 0.762. The molecule has 0 amide bonds. The van der Waals surface area contributed by atoms with Crippen molar-refractivity contribution < 1.29 is 9.23 Å². The molecule has 14 heavy (non-hydrogen) atoms. The highest BCUT2D eigenvalue weighted by molar-refractivity contribution is 5.17. The maximum Gasteiger partial charge on any atom is 0.123 e. The van der Waals surface area contributed by atoms with E-state index in [1.807, 2.05) is 19.9 Å². The summed E-state index contributed by atoms with van der Waals surface area (Å²) in [6.45, 7) is 4.55. The third kappa shape index (κ3) is 3.85. The molecule has 1 atom stereocenters. The van der Waals surface area contributed by atoms with Crippen LogP contribution in [0.2, 0.25) is 0 Å². The maximum absolute atomic E-state index is 12.8. The van der Waals surface area contributed by atoms with Crippen LogP contribution in [-0.4, -0.2) is 12.6 Å². The Morgan fingerprint density at radius 2 is 2.29 bits per heavy atom. The second-order valence-electron chi connectivity index (χ2n) is 3.29. The van der Waals surface area contributed by atoms with Crippen LogP contribution in [0.15, 0.2) is 24.3 Å². The van der Waals surface area contributed by atoms with Crippen molar-refractivity contribution in [3.63, 3.8) is 0 Å². The van der Waals surface area contributed by atoms with Gasteiger partial charge in [0.1, 0.15) is 5.82 Å². The largest absolute Gasteiger partial charge is 0.302 e. The smallest absolute Gasteiger partial charge is 0.123 e. The van der Waals surface area contributed by atoms with Gasteiger partial charge in [-0.2, -0.15) is 5.48 Å². The van der Waals surface area contributed by atoms with E-state index >= 15 is 0 Å². The van der Waals surface area contributed by atoms with Crippen molar-refractivity contribution in [3.8, 4) is 0 Å². The van der Waals surface area contributed by atoms with Gasteiger partial charge in [-0.3, -0.25) is 0 Å². The number of nitrogens with one attached hydrogen (secondary N) is 1. The molecule has 78 valence electrons. The third-order valence-corrected chi connectivity index (χ3v) is 1.86. The monoisotopic (exact) mass is 197 g/mol. The molecule has 0 aromatic heterocycles. The normalized spacial score (nSPS) is 12.8. The summed E-state index contributed by atoms with van der Waals surface area (Å²) < 4.78 is 12.8. The van der Waals surface area contributed by atoms with Gasteiger partial charge in [-0.05, 0) is 38.0 Å². The molecular formula is C11H16FNO. The standard InChI is InChI=1S/C11H16FNO/c1-3-14-13-9(2)7-10-5-4-6-11(12)8-10/h4-6,8-9,13H,3,7H2,1-2H3. The Morgan fingerprint density at radius 3 is 2.93 bits per heavy atom. The Balaban J connectivity index is 2.43. The van der Waals surface area contributed by atoms with Crippen LogP contribution in [-0.2, 0) is 11.3 Å². The van der Waals surface area contributed by atoms with Crippen molar-refractivity contribution in [1.29, 1.82) is 0 Å². The van der Waals surface area contributed by atoms with Gasteiger partial charge < -0.3 is 4.84 Å². The zero-order valence-electron chi connectivity index (χ0n) is 8.59. The second kappa shape index (κ2) is 5.73. The molecule has 0 saturated carbocycles. The number of hydroxylamine groups is 1. The summed E-state index contributed by atoms with van der Waals surface area (Å²) in [4.78, 5) is 5.05. The fourth-order valence-electron chi connectivity index (χ4n) is 1.28. The van der Waals surface area contributed by atoms with Crippen LogP contribution in [0, 0.1) is 5.82 Å². The molecule has 1 aromatic rings. The molecule has 0 aliphatic heterocycles. The molecule has 0 saturated heterocycles. The summed E-state index contributed by atoms with van der Waals surface area (Å²) in [5, 5.41) is 0. The van der Waals surface area contributed by atoms with E-state index in [2.05, 4.69) is 5.48 Å². The lowest BCUT2D eigenvalue weighted by atomic mass is 10.1. The molecule has 0 radical (unpaired) electrons. The van der Waals surface area contributed by atoms with Gasteiger partial charge in [-0.1, -0.05) is 12.1 Å². The van der Waals surface area contributed by atoms with Gasteiger partial charge in [0.25, 0.3) is 0 Å². The summed E-state index contributed by atoms with van der Waals surface area (Å²) in [6, 6.07) is 6.82. The van der Waals surface area contributed by atoms with Crippen molar-refractivity contribution in [3.05, 3.63) is 35.6 Å². The quantitative estimate of drug-likeness (QED) is 0.731. The van der Waals surface area contributed by atoms with Gasteiger partial charge in [0.15, 0.2) is 0 Å². The fourth-order valence-corrected chi connectivity index (χ4v) is 1.28. The topological polar surface area (TPSA) is 21.3 Å². The van der Waals surface area contributed by atoms with Gasteiger partial charge in [0.2, 0.25) is 0 Å². The highest BCUT2D eigenvalue weighted by Crippen LogP contribution is 2.06. The lowest BCUT2D eigenvalue weighted by molar-refractivity contribution is 0.0290. The van der Waals surface area contributed by atoms with Crippen molar-refractivity contribution in [2.45, 2.75) is 26.3 Å². The van der Waals surface area contributed by atoms with Crippen LogP contribution < -0.4 is 5.48 Å². The van der Waals surface area contributed by atoms with E-state index in [4.69, 9.17) is 4.84 Å². The zero-order chi connectivity index (χ0) is 10.4. The minimum atomic E-state index is -0.189. The average Bonchev–Trinajstić information content (AvgIpc) is 2.15. The summed E-state index contributed by atoms with van der Waals surface area (Å²) in [5.74, 6) is -0.189. The molecule has 0 spiro atoms. The van der Waals surface area contributed by atoms with Gasteiger partial charge in [-0.25, -0.2) is 4.39 Å². The van der Waals surface area contributed by atoms with Crippen LogP contribution >= 0.6 is 0 Å². The highest BCUT2D eigenvalue weighted by atomic mass is 19.1. The van der Waals surface area contributed by atoms with Crippen molar-refractivity contribution >= 4 is 0 Å². The van der Waals surface area contributed by atoms with E-state index in [-0.39, 0.29) is 11.9 Å². The molecule has 0 heterocycles. The number of halogens is 1. The highest BCUT2D eigenvalue weighted by Gasteiger charge is 2.03. The van der Waals surface area contributed by atoms with Crippen molar-refractivity contribution in [2.24, 2.45) is 0 Å². The van der Waals surface area contributed by atoms with Gasteiger partial charge in [0.05, 0.1) is 6.61 Å². The maximum atomic E-state index is 12.8. The average molecular weight is 197 g/mol. The van der Waals surface area contributed by atoms with Crippen LogP contribution in [0.25, 0.3) is 0 Å². The van der Waals surface area contributed by atoms with Crippen LogP contribution in [0.4, 0.5) is 4.39 Å². The van der Waals surface area contributed by atoms with Gasteiger partial charge in [0, 0.05) is 6.04 Å². The first-order valence-electron chi connectivity index (χ1n) is 4.84. The lowest BCUT2D eigenvalue weighted by Crippen LogP contribution is -2.28. The Labute approximate surface area is 84.0 Å². The van der Waals surface area contributed by atoms with E-state index < -0.39 is 0 Å². The minimum absolute atomic E-state index is 0.189. The minimum Gasteiger partial charge on any atom is -0.302 e. The van der Waals surface area contributed by atoms with Crippen molar-refractivity contribution in [1.82, 2.24) is 5.48 Å². The molecule has 0 aliphatic rings. The molecular weight excluding hydrogens is 181 g/mol. The Bertz CT molecular complexity index is 278. The molecule has 1 N–H and O–H groups in total. The summed E-state index contributed by atoms with van der Waals surface area (Å²) >= 11 is 0. The van der Waals surface area contributed by atoms with E-state index in [0.29, 0.717) is 6.61 Å². The van der Waals surface area contributed by atoms with Gasteiger partial charge >= 0.3 is 0 Å². The molecule has 2 nitrogen and oxygen atoms in total. The zero-order valence-corrected chi connectivity index (χ0v) is 8.59. The lowest BCUT2D eigenvalue weighted by Gasteiger charge is -2.12. The molecule has 0 aliphatic carbocycles. The van der Waals surface area contributed by atoms with Crippen molar-refractivity contribution in [2.75, 3.05) is 6.61 Å². The Hall–Kier alpha value is -0.930. The number of hydrogen-bond donors (Lipinski definition) is 1. The molecule has 1 unspecified atom stereocenters. The number of benzene rings is 1. The number of rotatable bonds is 5. The Kier molecular flexibility index (Phi) is 4.56. The van der Waals surface area contributed by atoms with E-state index in [0.717, 1.165) is 12.0 Å². The van der Waals surface area contributed by atoms with E-state index in [1.54, 1.807) is 12.1 Å². The number of hydrogen-bond acceptors (Lipinski definition) is 2. The molecule has 1 rings (SSSR count). The molecule has 1 aromatic carbocycles. The van der Waals surface area contributed by atoms with Gasteiger partial charge in [-0.15, -0.1) is 0 Å². The Morgan fingerprint density at radius 1 is 1.50 bits per heavy atom. The first-order valence-corrected chi connectivity index (χ1v) is 4.84. The first kappa shape index (κ1) is 11.1. The second-order valence-corrected chi connectivity index (χ2v) is 3.29. The van der Waals surface area contributed by atoms with Crippen LogP contribution in [0.3, 0.4) is 0 Å². The summed E-state index contributed by atoms with van der Waals surface area (Å²) in [7, 11) is 0. The first-order chi connectivity index (χ1) is 6.72. The van der Waals surface area contributed by atoms with Crippen LogP contribution in [0.5, 0.6) is 0 Å². The SMILES string of the molecule is CCONC(C)Cc1cccc(F)c1. The predicted molar refractivity (Wildman–Crippen MR) is 54.3 cm³/mol. The van der Waals surface area contributed by atoms with E-state index in [9.17, 15) is 4.39 Å².